The normalized spacial score (nSPS) is 16.5. The first-order valence-corrected chi connectivity index (χ1v) is 4.96. The van der Waals surface area contributed by atoms with E-state index in [9.17, 15) is 0 Å². The molecule has 0 radical (unpaired) electrons. The fourth-order valence-electron chi connectivity index (χ4n) is 1.46. The third-order valence-corrected chi connectivity index (χ3v) is 2.38. The monoisotopic (exact) mass is 196 g/mol. The van der Waals surface area contributed by atoms with Gasteiger partial charge in [-0.15, -0.1) is 5.10 Å². The second-order valence-electron chi connectivity index (χ2n) is 3.80. The molecule has 0 amide bonds. The van der Waals surface area contributed by atoms with Crippen LogP contribution < -0.4 is 5.73 Å². The number of rotatable bonds is 5. The maximum Gasteiger partial charge on any atom is 0.165 e. The number of aromatic nitrogens is 4. The molecule has 0 unspecified atom stereocenters. The molecular weight excluding hydrogens is 180 g/mol. The summed E-state index contributed by atoms with van der Waals surface area (Å²) in [5, 5.41) is 11.7. The first kappa shape index (κ1) is 9.54. The molecule has 0 saturated heterocycles. The van der Waals surface area contributed by atoms with Gasteiger partial charge in [0, 0.05) is 13.1 Å². The van der Waals surface area contributed by atoms with Crippen molar-refractivity contribution in [2.24, 2.45) is 5.73 Å². The molecular formula is C8H16N6. The Kier molecular flexibility index (Phi) is 2.74. The van der Waals surface area contributed by atoms with E-state index in [2.05, 4.69) is 20.4 Å². The zero-order chi connectivity index (χ0) is 9.97. The lowest BCUT2D eigenvalue weighted by Crippen LogP contribution is -2.26. The van der Waals surface area contributed by atoms with Crippen molar-refractivity contribution in [3.8, 4) is 0 Å². The van der Waals surface area contributed by atoms with Gasteiger partial charge < -0.3 is 5.73 Å². The van der Waals surface area contributed by atoms with Crippen LogP contribution in [0.1, 0.15) is 24.7 Å². The molecule has 0 spiro atoms. The van der Waals surface area contributed by atoms with E-state index >= 15 is 0 Å². The molecule has 1 aliphatic rings. The molecule has 1 heterocycles. The van der Waals surface area contributed by atoms with E-state index in [-0.39, 0.29) is 0 Å². The van der Waals surface area contributed by atoms with Gasteiger partial charge >= 0.3 is 0 Å². The van der Waals surface area contributed by atoms with Crippen LogP contribution in [-0.4, -0.2) is 45.2 Å². The first-order chi connectivity index (χ1) is 6.81. The second kappa shape index (κ2) is 4.02. The Morgan fingerprint density at radius 1 is 1.57 bits per heavy atom. The van der Waals surface area contributed by atoms with Crippen LogP contribution in [0.5, 0.6) is 0 Å². The maximum absolute atomic E-state index is 5.47. The number of likely N-dealkylation sites (N-methyl/N-ethyl adjacent to an activating group) is 1. The van der Waals surface area contributed by atoms with Gasteiger partial charge in [0.15, 0.2) is 5.82 Å². The first-order valence-electron chi connectivity index (χ1n) is 4.96. The predicted molar refractivity (Wildman–Crippen MR) is 51.5 cm³/mol. The molecule has 1 fully saturated rings. The summed E-state index contributed by atoms with van der Waals surface area (Å²) < 4.78 is 1.94. The lowest BCUT2D eigenvalue weighted by atomic mass is 10.5. The SMILES string of the molecule is CN(CCN)Cc1nnnn1C1CC1. The number of nitrogens with zero attached hydrogens (tertiary/aromatic N) is 5. The number of hydrogen-bond acceptors (Lipinski definition) is 5. The molecule has 6 nitrogen and oxygen atoms in total. The average molecular weight is 196 g/mol. The molecule has 0 atom stereocenters. The molecule has 0 bridgehead atoms. The molecule has 0 aliphatic heterocycles. The summed E-state index contributed by atoms with van der Waals surface area (Å²) in [4.78, 5) is 2.13. The number of tetrazole rings is 1. The standard InChI is InChI=1S/C8H16N6/c1-13(5-4-9)6-8-10-11-12-14(8)7-2-3-7/h7H,2-6,9H2,1H3. The van der Waals surface area contributed by atoms with E-state index in [1.165, 1.54) is 12.8 Å². The van der Waals surface area contributed by atoms with E-state index in [0.29, 0.717) is 12.6 Å². The van der Waals surface area contributed by atoms with E-state index in [1.54, 1.807) is 0 Å². The Balaban J connectivity index is 1.97. The van der Waals surface area contributed by atoms with Crippen molar-refractivity contribution in [1.82, 2.24) is 25.1 Å². The van der Waals surface area contributed by atoms with Crippen LogP contribution >= 0.6 is 0 Å². The number of nitrogens with two attached hydrogens (primary N) is 1. The summed E-state index contributed by atoms with van der Waals surface area (Å²) in [6.45, 7) is 2.32. The number of hydrogen-bond donors (Lipinski definition) is 1. The minimum atomic E-state index is 0.547. The van der Waals surface area contributed by atoms with Crippen molar-refractivity contribution >= 4 is 0 Å². The summed E-state index contributed by atoms with van der Waals surface area (Å²) >= 11 is 0. The van der Waals surface area contributed by atoms with E-state index in [1.807, 2.05) is 11.7 Å². The Labute approximate surface area is 83.1 Å². The van der Waals surface area contributed by atoms with E-state index in [0.717, 1.165) is 18.9 Å². The third-order valence-electron chi connectivity index (χ3n) is 2.38. The summed E-state index contributed by atoms with van der Waals surface area (Å²) in [5.41, 5.74) is 5.47. The van der Waals surface area contributed by atoms with Gasteiger partial charge in [-0.1, -0.05) is 0 Å². The fourth-order valence-corrected chi connectivity index (χ4v) is 1.46. The molecule has 1 aromatic heterocycles. The maximum atomic E-state index is 5.47. The molecule has 0 aromatic carbocycles. The summed E-state index contributed by atoms with van der Waals surface area (Å²) in [6, 6.07) is 0.547. The Morgan fingerprint density at radius 2 is 2.36 bits per heavy atom. The molecule has 2 rings (SSSR count). The molecule has 78 valence electrons. The van der Waals surface area contributed by atoms with E-state index < -0.39 is 0 Å². The van der Waals surface area contributed by atoms with Crippen molar-refractivity contribution in [3.63, 3.8) is 0 Å². The zero-order valence-corrected chi connectivity index (χ0v) is 8.43. The molecule has 1 saturated carbocycles. The van der Waals surface area contributed by atoms with Gasteiger partial charge in [0.2, 0.25) is 0 Å². The lowest BCUT2D eigenvalue weighted by Gasteiger charge is -2.14. The Bertz CT molecular complexity index is 292. The van der Waals surface area contributed by atoms with Gasteiger partial charge in [0.1, 0.15) is 0 Å². The van der Waals surface area contributed by atoms with Crippen molar-refractivity contribution in [2.45, 2.75) is 25.4 Å². The van der Waals surface area contributed by atoms with Crippen molar-refractivity contribution in [1.29, 1.82) is 0 Å². The fraction of sp³-hybridized carbons (Fsp3) is 0.875. The average Bonchev–Trinajstić information content (AvgIpc) is 2.89. The minimum Gasteiger partial charge on any atom is -0.329 e. The zero-order valence-electron chi connectivity index (χ0n) is 8.43. The van der Waals surface area contributed by atoms with Crippen LogP contribution in [0.3, 0.4) is 0 Å². The minimum absolute atomic E-state index is 0.547. The van der Waals surface area contributed by atoms with Gasteiger partial charge in [0.05, 0.1) is 12.6 Å². The van der Waals surface area contributed by atoms with Gasteiger partial charge in [0.25, 0.3) is 0 Å². The molecule has 2 N–H and O–H groups in total. The van der Waals surface area contributed by atoms with Gasteiger partial charge in [-0.25, -0.2) is 4.68 Å². The van der Waals surface area contributed by atoms with E-state index in [4.69, 9.17) is 5.73 Å². The smallest absolute Gasteiger partial charge is 0.165 e. The summed E-state index contributed by atoms with van der Waals surface area (Å²) in [7, 11) is 2.03. The van der Waals surface area contributed by atoms with Crippen molar-refractivity contribution in [2.75, 3.05) is 20.1 Å². The van der Waals surface area contributed by atoms with Gasteiger partial charge in [-0.05, 0) is 30.3 Å². The van der Waals surface area contributed by atoms with Crippen LogP contribution in [0.15, 0.2) is 0 Å². The highest BCUT2D eigenvalue weighted by Crippen LogP contribution is 2.34. The van der Waals surface area contributed by atoms with Crippen molar-refractivity contribution in [3.05, 3.63) is 5.82 Å². The Hall–Kier alpha value is -1.01. The van der Waals surface area contributed by atoms with Crippen LogP contribution in [0, 0.1) is 0 Å². The topological polar surface area (TPSA) is 72.9 Å². The highest BCUT2D eigenvalue weighted by atomic mass is 15.6. The van der Waals surface area contributed by atoms with Crippen LogP contribution in [-0.2, 0) is 6.54 Å². The molecule has 14 heavy (non-hydrogen) atoms. The predicted octanol–water partition coefficient (Wildman–Crippen LogP) is -0.601. The summed E-state index contributed by atoms with van der Waals surface area (Å²) in [5.74, 6) is 0.948. The van der Waals surface area contributed by atoms with Crippen LogP contribution in [0.4, 0.5) is 0 Å². The Morgan fingerprint density at radius 3 is 3.00 bits per heavy atom. The third kappa shape index (κ3) is 2.08. The van der Waals surface area contributed by atoms with Crippen LogP contribution in [0.2, 0.25) is 0 Å². The van der Waals surface area contributed by atoms with Crippen LogP contribution in [0.25, 0.3) is 0 Å². The largest absolute Gasteiger partial charge is 0.329 e. The molecule has 6 heteroatoms. The second-order valence-corrected chi connectivity index (χ2v) is 3.80. The molecule has 1 aromatic rings. The van der Waals surface area contributed by atoms with Gasteiger partial charge in [-0.2, -0.15) is 0 Å². The lowest BCUT2D eigenvalue weighted by molar-refractivity contribution is 0.318. The van der Waals surface area contributed by atoms with Crippen molar-refractivity contribution < 1.29 is 0 Å². The molecule has 1 aliphatic carbocycles. The quantitative estimate of drug-likeness (QED) is 0.680. The summed E-state index contributed by atoms with van der Waals surface area (Å²) in [6.07, 6.45) is 2.41. The highest BCUT2D eigenvalue weighted by Gasteiger charge is 2.27. The highest BCUT2D eigenvalue weighted by molar-refractivity contribution is 4.89. The van der Waals surface area contributed by atoms with Gasteiger partial charge in [-0.3, -0.25) is 4.90 Å².